The van der Waals surface area contributed by atoms with Crippen molar-refractivity contribution in [2.24, 2.45) is 0 Å². The van der Waals surface area contributed by atoms with Gasteiger partial charge in [-0.25, -0.2) is 13.9 Å². The molecule has 0 aliphatic rings. The number of ether oxygens (including phenoxy) is 2. The quantitative estimate of drug-likeness (QED) is 0.482. The van der Waals surface area contributed by atoms with E-state index in [0.29, 0.717) is 22.6 Å². The van der Waals surface area contributed by atoms with Crippen LogP contribution in [0, 0.1) is 0 Å². The molecular weight excluding hydrogens is 400 g/mol. The van der Waals surface area contributed by atoms with Crippen molar-refractivity contribution >= 4 is 15.7 Å². The van der Waals surface area contributed by atoms with Crippen LogP contribution in [-0.4, -0.2) is 49.3 Å². The van der Waals surface area contributed by atoms with E-state index in [0.717, 1.165) is 6.26 Å². The monoisotopic (exact) mass is 424 g/mol. The lowest BCUT2D eigenvalue weighted by Crippen LogP contribution is -2.49. The largest absolute Gasteiger partial charge is 0.497 e. The number of nitrogens with zero attached hydrogens (tertiary/aromatic N) is 1. The van der Waals surface area contributed by atoms with Crippen LogP contribution in [-0.2, 0) is 21.2 Å². The lowest BCUT2D eigenvalue weighted by atomic mass is 10.0. The zero-order valence-corrected chi connectivity index (χ0v) is 17.4. The van der Waals surface area contributed by atoms with Gasteiger partial charge in [0, 0.05) is 30.6 Å². The fourth-order valence-electron chi connectivity index (χ4n) is 2.82. The summed E-state index contributed by atoms with van der Waals surface area (Å²) in [6.45, 7) is 1.17. The number of hydrogen-bond acceptors (Lipinski definition) is 7. The predicted molar refractivity (Wildman–Crippen MR) is 107 cm³/mol. The Morgan fingerprint density at radius 2 is 1.90 bits per heavy atom. The fraction of sp³-hybridized carbons (Fsp3) is 0.368. The van der Waals surface area contributed by atoms with Crippen LogP contribution < -0.4 is 20.5 Å². The second kappa shape index (κ2) is 8.66. The number of rotatable bonds is 8. The number of carbonyl (C=O) groups is 1. The molecule has 10 heteroatoms. The van der Waals surface area contributed by atoms with Crippen molar-refractivity contribution in [3.8, 4) is 22.6 Å². The van der Waals surface area contributed by atoms with Crippen LogP contribution in [0.1, 0.15) is 13.3 Å². The summed E-state index contributed by atoms with van der Waals surface area (Å²) in [5.74, 6) is 0.113. The highest BCUT2D eigenvalue weighted by molar-refractivity contribution is 7.92. The van der Waals surface area contributed by atoms with Crippen LogP contribution >= 0.6 is 0 Å². The molecule has 2 aromatic rings. The number of methoxy groups -OCH3 is 2. The molecule has 158 valence electrons. The Kier molecular flexibility index (Phi) is 6.70. The summed E-state index contributed by atoms with van der Waals surface area (Å²) in [4.78, 5) is 24.5. The molecule has 2 rings (SSSR count). The molecule has 0 aliphatic carbocycles. The molecule has 0 bridgehead atoms. The second-order valence-corrected chi connectivity index (χ2v) is 9.15. The Labute approximate surface area is 168 Å². The van der Waals surface area contributed by atoms with Crippen LogP contribution in [0.15, 0.2) is 41.3 Å². The first-order valence-corrected chi connectivity index (χ1v) is 10.5. The first-order chi connectivity index (χ1) is 13.6. The van der Waals surface area contributed by atoms with Crippen LogP contribution in [0.5, 0.6) is 11.5 Å². The summed E-state index contributed by atoms with van der Waals surface area (Å²) < 4.78 is 34.1. The number of hydroxylamine groups is 1. The third-order valence-corrected chi connectivity index (χ3v) is 6.97. The zero-order chi connectivity index (χ0) is 21.8. The number of carbonyl (C=O) groups excluding carboxylic acids is 1. The lowest BCUT2D eigenvalue weighted by molar-refractivity contribution is -0.131. The van der Waals surface area contributed by atoms with Gasteiger partial charge in [-0.1, -0.05) is 0 Å². The molecule has 0 saturated heterocycles. The third kappa shape index (κ3) is 4.60. The van der Waals surface area contributed by atoms with E-state index in [-0.39, 0.29) is 18.5 Å². The van der Waals surface area contributed by atoms with Crippen molar-refractivity contribution in [3.05, 3.63) is 46.9 Å². The van der Waals surface area contributed by atoms with Gasteiger partial charge in [0.2, 0.25) is 0 Å². The highest BCUT2D eigenvalue weighted by Gasteiger charge is 2.43. The summed E-state index contributed by atoms with van der Waals surface area (Å²) >= 11 is 0. The van der Waals surface area contributed by atoms with Crippen molar-refractivity contribution in [2.75, 3.05) is 20.5 Å². The summed E-state index contributed by atoms with van der Waals surface area (Å²) in [7, 11) is -0.793. The van der Waals surface area contributed by atoms with E-state index >= 15 is 0 Å². The molecule has 9 nitrogen and oxygen atoms in total. The second-order valence-electron chi connectivity index (χ2n) is 6.71. The van der Waals surface area contributed by atoms with Gasteiger partial charge in [0.1, 0.15) is 11.5 Å². The zero-order valence-electron chi connectivity index (χ0n) is 16.6. The molecule has 0 saturated carbocycles. The molecule has 29 heavy (non-hydrogen) atoms. The summed E-state index contributed by atoms with van der Waals surface area (Å²) in [5, 5.41) is 8.89. The number of hydrogen-bond donors (Lipinski definition) is 2. The van der Waals surface area contributed by atoms with Gasteiger partial charge in [-0.3, -0.25) is 14.8 Å². The van der Waals surface area contributed by atoms with Crippen LogP contribution in [0.3, 0.4) is 0 Å². The Morgan fingerprint density at radius 1 is 1.21 bits per heavy atom. The molecule has 1 aromatic heterocycles. The van der Waals surface area contributed by atoms with Gasteiger partial charge >= 0.3 is 0 Å². The Morgan fingerprint density at radius 3 is 2.41 bits per heavy atom. The molecule has 1 amide bonds. The minimum Gasteiger partial charge on any atom is -0.497 e. The normalized spacial score (nSPS) is 13.4. The van der Waals surface area contributed by atoms with Crippen LogP contribution in [0.4, 0.5) is 0 Å². The third-order valence-electron chi connectivity index (χ3n) is 4.94. The highest BCUT2D eigenvalue weighted by Crippen LogP contribution is 2.32. The molecule has 0 aliphatic heterocycles. The number of amides is 1. The minimum atomic E-state index is -3.84. The van der Waals surface area contributed by atoms with Crippen molar-refractivity contribution in [3.63, 3.8) is 0 Å². The van der Waals surface area contributed by atoms with Crippen LogP contribution in [0.2, 0.25) is 0 Å². The Bertz CT molecular complexity index is 1060. The summed E-state index contributed by atoms with van der Waals surface area (Å²) in [6.07, 6.45) is 2.22. The predicted octanol–water partition coefficient (Wildman–Crippen LogP) is 1.23. The van der Waals surface area contributed by atoms with Crippen LogP contribution in [0.25, 0.3) is 11.1 Å². The van der Waals surface area contributed by atoms with E-state index in [9.17, 15) is 18.0 Å². The Balaban J connectivity index is 2.36. The molecule has 1 atom stereocenters. The number of pyridine rings is 1. The SMILES string of the molecule is COc1ccc(OC)c(-c2ccn(CCC(C)(C(=O)NO)S(C)(=O)=O)c(=O)c2)c1. The van der Waals surface area contributed by atoms with Gasteiger partial charge in [-0.05, 0) is 43.2 Å². The Hall–Kier alpha value is -2.85. The molecule has 0 fully saturated rings. The van der Waals surface area contributed by atoms with Crippen molar-refractivity contribution in [1.29, 1.82) is 0 Å². The highest BCUT2D eigenvalue weighted by atomic mass is 32.2. The molecule has 0 radical (unpaired) electrons. The molecule has 1 heterocycles. The van der Waals surface area contributed by atoms with E-state index < -0.39 is 20.5 Å². The standard InChI is InChI=1S/C19H24N2O7S/c1-19(18(23)20-24,29(4,25)26)8-10-21-9-7-13(11-17(21)22)15-12-14(27-2)5-6-16(15)28-3/h5-7,9,11-12,24H,8,10H2,1-4H3,(H,20,23). The molecule has 1 unspecified atom stereocenters. The maximum absolute atomic E-state index is 12.6. The van der Waals surface area contributed by atoms with Gasteiger partial charge in [0.05, 0.1) is 14.2 Å². The van der Waals surface area contributed by atoms with Gasteiger partial charge in [0.25, 0.3) is 11.5 Å². The minimum absolute atomic E-state index is 0.0364. The number of benzene rings is 1. The van der Waals surface area contributed by atoms with Gasteiger partial charge in [-0.15, -0.1) is 0 Å². The molecular formula is C19H24N2O7S. The van der Waals surface area contributed by atoms with E-state index in [1.165, 1.54) is 43.5 Å². The smallest absolute Gasteiger partial charge is 0.264 e. The van der Waals surface area contributed by atoms with Crippen molar-refractivity contribution in [1.82, 2.24) is 10.0 Å². The maximum atomic E-state index is 12.6. The first kappa shape index (κ1) is 22.4. The topological polar surface area (TPSA) is 124 Å². The molecule has 1 aromatic carbocycles. The van der Waals surface area contributed by atoms with E-state index in [4.69, 9.17) is 14.7 Å². The van der Waals surface area contributed by atoms with Gasteiger partial charge in [-0.2, -0.15) is 0 Å². The van der Waals surface area contributed by atoms with Crippen molar-refractivity contribution in [2.45, 2.75) is 24.6 Å². The first-order valence-electron chi connectivity index (χ1n) is 8.64. The van der Waals surface area contributed by atoms with E-state index in [1.807, 2.05) is 0 Å². The van der Waals surface area contributed by atoms with E-state index in [2.05, 4.69) is 0 Å². The van der Waals surface area contributed by atoms with E-state index in [1.54, 1.807) is 24.3 Å². The van der Waals surface area contributed by atoms with Crippen molar-refractivity contribution < 1.29 is 27.9 Å². The maximum Gasteiger partial charge on any atom is 0.264 e. The molecule has 2 N–H and O–H groups in total. The lowest BCUT2D eigenvalue weighted by Gasteiger charge is -2.25. The van der Waals surface area contributed by atoms with Gasteiger partial charge < -0.3 is 14.0 Å². The fourth-order valence-corrected chi connectivity index (χ4v) is 3.66. The summed E-state index contributed by atoms with van der Waals surface area (Å²) in [5.41, 5.74) is 2.27. The number of nitrogens with one attached hydrogen (secondary N) is 1. The summed E-state index contributed by atoms with van der Waals surface area (Å²) in [6, 6.07) is 8.28. The van der Waals surface area contributed by atoms with Gasteiger partial charge in [0.15, 0.2) is 14.6 Å². The average molecular weight is 424 g/mol. The average Bonchev–Trinajstić information content (AvgIpc) is 2.70. The number of aromatic nitrogens is 1. The number of sulfone groups is 1. The molecule has 0 spiro atoms. The number of aryl methyl sites for hydroxylation is 1.